The third-order valence-corrected chi connectivity index (χ3v) is 4.64. The lowest BCUT2D eigenvalue weighted by Crippen LogP contribution is -2.40. The summed E-state index contributed by atoms with van der Waals surface area (Å²) in [6, 6.07) is 11.3. The van der Waals surface area contributed by atoms with Crippen LogP contribution in [0.5, 0.6) is 5.88 Å². The zero-order chi connectivity index (χ0) is 21.6. The number of carbonyl (C=O) groups is 2. The van der Waals surface area contributed by atoms with E-state index in [2.05, 4.69) is 10.4 Å². The van der Waals surface area contributed by atoms with Crippen LogP contribution >= 0.6 is 0 Å². The number of amides is 1. The van der Waals surface area contributed by atoms with Crippen LogP contribution in [0.25, 0.3) is 0 Å². The summed E-state index contributed by atoms with van der Waals surface area (Å²) < 4.78 is 17.6. The van der Waals surface area contributed by atoms with E-state index in [1.54, 1.807) is 26.8 Å². The molecule has 162 valence electrons. The first-order chi connectivity index (χ1) is 14.3. The highest BCUT2D eigenvalue weighted by Crippen LogP contribution is 2.23. The molecule has 1 N–H and O–H groups in total. The Balaban J connectivity index is 1.38. The van der Waals surface area contributed by atoms with Gasteiger partial charge in [0.1, 0.15) is 18.3 Å². The number of hydrogen-bond donors (Lipinski definition) is 1. The number of benzene rings is 1. The standard InChI is InChI=1S/C22H29N3O5/c1-22(2,3)30-21(27)25-14-13-19(24-25)29-18-11-9-17(10-12-18)23-20(26)28-15-16-7-5-4-6-8-16/h4-8,13-14,17-18H,9-12,15H2,1-3H3,(H,23,26)/t17-,18-. The number of rotatable bonds is 5. The van der Waals surface area contributed by atoms with E-state index < -0.39 is 17.8 Å². The normalized spacial score (nSPS) is 19.0. The highest BCUT2D eigenvalue weighted by molar-refractivity contribution is 5.69. The highest BCUT2D eigenvalue weighted by atomic mass is 16.6. The summed E-state index contributed by atoms with van der Waals surface area (Å²) in [6.07, 6.45) is 3.71. The smallest absolute Gasteiger partial charge is 0.435 e. The van der Waals surface area contributed by atoms with Crippen molar-refractivity contribution in [1.82, 2.24) is 15.1 Å². The minimum Gasteiger partial charge on any atom is -0.473 e. The molecule has 1 aromatic carbocycles. The van der Waals surface area contributed by atoms with Crippen molar-refractivity contribution in [3.63, 3.8) is 0 Å². The van der Waals surface area contributed by atoms with Crippen molar-refractivity contribution in [3.8, 4) is 5.88 Å². The van der Waals surface area contributed by atoms with Gasteiger partial charge in [-0.1, -0.05) is 30.3 Å². The molecule has 3 rings (SSSR count). The molecule has 0 aliphatic heterocycles. The monoisotopic (exact) mass is 415 g/mol. The molecule has 0 saturated heterocycles. The summed E-state index contributed by atoms with van der Waals surface area (Å²) in [5.41, 5.74) is 0.369. The summed E-state index contributed by atoms with van der Waals surface area (Å²) in [5, 5.41) is 7.06. The Hall–Kier alpha value is -3.03. The number of hydrogen-bond acceptors (Lipinski definition) is 6. The van der Waals surface area contributed by atoms with Gasteiger partial charge in [-0.25, -0.2) is 9.59 Å². The van der Waals surface area contributed by atoms with E-state index in [1.165, 1.54) is 6.20 Å². The van der Waals surface area contributed by atoms with E-state index in [9.17, 15) is 9.59 Å². The maximum Gasteiger partial charge on any atom is 0.435 e. The van der Waals surface area contributed by atoms with Gasteiger partial charge in [0, 0.05) is 18.3 Å². The molecule has 0 spiro atoms. The fourth-order valence-electron chi connectivity index (χ4n) is 3.21. The Kier molecular flexibility index (Phi) is 6.97. The van der Waals surface area contributed by atoms with Gasteiger partial charge in [-0.15, -0.1) is 5.10 Å². The minimum absolute atomic E-state index is 0.00891. The minimum atomic E-state index is -0.586. The van der Waals surface area contributed by atoms with E-state index in [-0.39, 0.29) is 18.8 Å². The average Bonchev–Trinajstić information content (AvgIpc) is 3.16. The number of ether oxygens (including phenoxy) is 3. The second kappa shape index (κ2) is 9.65. The van der Waals surface area contributed by atoms with E-state index in [0.29, 0.717) is 5.88 Å². The molecule has 30 heavy (non-hydrogen) atoms. The fourth-order valence-corrected chi connectivity index (χ4v) is 3.21. The summed E-state index contributed by atoms with van der Waals surface area (Å²) in [4.78, 5) is 24.0. The van der Waals surface area contributed by atoms with E-state index in [0.717, 1.165) is 35.9 Å². The number of aromatic nitrogens is 2. The number of alkyl carbamates (subject to hydrolysis) is 1. The Morgan fingerprint density at radius 3 is 2.47 bits per heavy atom. The molecule has 0 bridgehead atoms. The van der Waals surface area contributed by atoms with Crippen LogP contribution in [-0.2, 0) is 16.1 Å². The van der Waals surface area contributed by atoms with Gasteiger partial charge in [-0.05, 0) is 52.0 Å². The Morgan fingerprint density at radius 2 is 1.80 bits per heavy atom. The highest BCUT2D eigenvalue weighted by Gasteiger charge is 2.25. The molecule has 0 radical (unpaired) electrons. The molecule has 1 aliphatic carbocycles. The van der Waals surface area contributed by atoms with E-state index in [1.807, 2.05) is 30.3 Å². The van der Waals surface area contributed by atoms with E-state index >= 15 is 0 Å². The molecule has 8 nitrogen and oxygen atoms in total. The largest absolute Gasteiger partial charge is 0.473 e. The second-order valence-corrected chi connectivity index (χ2v) is 8.38. The van der Waals surface area contributed by atoms with Gasteiger partial charge < -0.3 is 19.5 Å². The lowest BCUT2D eigenvalue weighted by Gasteiger charge is -2.28. The van der Waals surface area contributed by atoms with Gasteiger partial charge in [0.2, 0.25) is 5.88 Å². The molecule has 1 saturated carbocycles. The van der Waals surface area contributed by atoms with Crippen molar-refractivity contribution >= 4 is 12.2 Å². The van der Waals surface area contributed by atoms with Crippen LogP contribution in [0, 0.1) is 0 Å². The van der Waals surface area contributed by atoms with Crippen LogP contribution in [0.2, 0.25) is 0 Å². The van der Waals surface area contributed by atoms with Crippen molar-refractivity contribution in [2.45, 2.75) is 70.8 Å². The molecule has 1 heterocycles. The lowest BCUT2D eigenvalue weighted by molar-refractivity contribution is 0.0508. The maximum absolute atomic E-state index is 12.0. The van der Waals surface area contributed by atoms with Gasteiger partial charge in [0.15, 0.2) is 0 Å². The van der Waals surface area contributed by atoms with Crippen molar-refractivity contribution in [2.75, 3.05) is 0 Å². The van der Waals surface area contributed by atoms with Crippen LogP contribution < -0.4 is 10.1 Å². The summed E-state index contributed by atoms with van der Waals surface area (Å²) in [6.45, 7) is 5.66. The molecular weight excluding hydrogens is 386 g/mol. The quantitative estimate of drug-likeness (QED) is 0.784. The maximum atomic E-state index is 12.0. The molecule has 8 heteroatoms. The number of nitrogens with zero attached hydrogens (tertiary/aromatic N) is 2. The third-order valence-electron chi connectivity index (χ3n) is 4.64. The van der Waals surface area contributed by atoms with Gasteiger partial charge in [-0.3, -0.25) is 0 Å². The van der Waals surface area contributed by atoms with Crippen molar-refractivity contribution in [3.05, 3.63) is 48.2 Å². The molecule has 0 unspecified atom stereocenters. The first-order valence-corrected chi connectivity index (χ1v) is 10.2. The molecular formula is C22H29N3O5. The first kappa shape index (κ1) is 21.7. The van der Waals surface area contributed by atoms with Gasteiger partial charge in [-0.2, -0.15) is 4.68 Å². The molecule has 2 aromatic rings. The Bertz CT molecular complexity index is 836. The van der Waals surface area contributed by atoms with E-state index in [4.69, 9.17) is 14.2 Å². The van der Waals surface area contributed by atoms with Crippen molar-refractivity contribution < 1.29 is 23.8 Å². The zero-order valence-corrected chi connectivity index (χ0v) is 17.7. The van der Waals surface area contributed by atoms with Gasteiger partial charge >= 0.3 is 12.2 Å². The molecule has 1 aliphatic rings. The van der Waals surface area contributed by atoms with Gasteiger partial charge in [0.05, 0.1) is 0 Å². The Labute approximate surface area is 176 Å². The van der Waals surface area contributed by atoms with Crippen LogP contribution in [0.1, 0.15) is 52.0 Å². The van der Waals surface area contributed by atoms with Crippen LogP contribution in [0.3, 0.4) is 0 Å². The first-order valence-electron chi connectivity index (χ1n) is 10.2. The second-order valence-electron chi connectivity index (χ2n) is 8.38. The van der Waals surface area contributed by atoms with Crippen LogP contribution in [0.4, 0.5) is 9.59 Å². The van der Waals surface area contributed by atoms with Crippen LogP contribution in [0.15, 0.2) is 42.6 Å². The lowest BCUT2D eigenvalue weighted by atomic mass is 9.93. The summed E-state index contributed by atoms with van der Waals surface area (Å²) in [7, 11) is 0. The SMILES string of the molecule is CC(C)(C)OC(=O)n1ccc(O[C@H]2CC[C@H](NC(=O)OCc3ccccc3)CC2)n1. The predicted octanol–water partition coefficient (Wildman–Crippen LogP) is 4.28. The third kappa shape index (κ3) is 6.79. The number of nitrogens with one attached hydrogen (secondary N) is 1. The average molecular weight is 415 g/mol. The topological polar surface area (TPSA) is 91.7 Å². The number of carbonyl (C=O) groups excluding carboxylic acids is 2. The molecule has 1 amide bonds. The zero-order valence-electron chi connectivity index (χ0n) is 17.7. The van der Waals surface area contributed by atoms with Gasteiger partial charge in [0.25, 0.3) is 0 Å². The molecule has 1 fully saturated rings. The van der Waals surface area contributed by atoms with Crippen LogP contribution in [-0.4, -0.2) is 39.7 Å². The van der Waals surface area contributed by atoms with Crippen molar-refractivity contribution in [1.29, 1.82) is 0 Å². The fraction of sp³-hybridized carbons (Fsp3) is 0.500. The summed E-state index contributed by atoms with van der Waals surface area (Å²) in [5.74, 6) is 0.388. The van der Waals surface area contributed by atoms with Crippen molar-refractivity contribution in [2.24, 2.45) is 0 Å². The Morgan fingerprint density at radius 1 is 1.10 bits per heavy atom. The molecule has 1 aromatic heterocycles. The molecule has 0 atom stereocenters. The summed E-state index contributed by atoms with van der Waals surface area (Å²) >= 11 is 0. The predicted molar refractivity (Wildman–Crippen MR) is 110 cm³/mol.